The number of para-hydroxylation sites is 2. The third kappa shape index (κ3) is 6.76. The molecule has 3 rings (SSSR count). The molecule has 0 aliphatic heterocycles. The van der Waals surface area contributed by atoms with Crippen LogP contribution in [0, 0.1) is 0 Å². The summed E-state index contributed by atoms with van der Waals surface area (Å²) in [6.07, 6.45) is 7.80. The molecule has 2 heteroatoms. The Morgan fingerprint density at radius 3 is 1.69 bits per heavy atom. The average molecular weight is 388 g/mol. The number of hydrogen-bond donors (Lipinski definition) is 0. The zero-order valence-electron chi connectivity index (χ0n) is 17.6. The molecule has 3 aromatic carbocycles. The van der Waals surface area contributed by atoms with Crippen molar-refractivity contribution < 1.29 is 4.74 Å². The summed E-state index contributed by atoms with van der Waals surface area (Å²) < 4.78 is 5.88. The first-order valence-corrected chi connectivity index (χ1v) is 11.0. The quantitative estimate of drug-likeness (QED) is 0.292. The molecule has 0 N–H and O–H groups in total. The highest BCUT2D eigenvalue weighted by atomic mass is 16.5. The number of rotatable bonds is 12. The molecule has 0 saturated carbocycles. The summed E-state index contributed by atoms with van der Waals surface area (Å²) >= 11 is 0. The van der Waals surface area contributed by atoms with Gasteiger partial charge in [0.05, 0.1) is 6.61 Å². The van der Waals surface area contributed by atoms with E-state index in [0.717, 1.165) is 30.1 Å². The van der Waals surface area contributed by atoms with Crippen molar-refractivity contribution in [3.63, 3.8) is 0 Å². The van der Waals surface area contributed by atoms with E-state index < -0.39 is 0 Å². The van der Waals surface area contributed by atoms with E-state index >= 15 is 0 Å². The molecule has 0 aliphatic carbocycles. The average Bonchev–Trinajstić information content (AvgIpc) is 2.78. The standard InChI is InChI=1S/C27H33NO/c1-2-3-4-5-6-13-22-29-23-24-18-20-27(21-19-24)28(25-14-9-7-10-15-25)26-16-11-8-12-17-26/h7-12,14-21H,2-6,13,22-23H2,1H3. The Kier molecular flexibility index (Phi) is 8.81. The van der Waals surface area contributed by atoms with Crippen LogP contribution in [-0.2, 0) is 11.3 Å². The minimum Gasteiger partial charge on any atom is -0.377 e. The Bertz CT molecular complexity index is 759. The molecule has 0 heterocycles. The molecule has 0 amide bonds. The highest BCUT2D eigenvalue weighted by Crippen LogP contribution is 2.34. The normalized spacial score (nSPS) is 10.8. The van der Waals surface area contributed by atoms with Crippen LogP contribution in [0.5, 0.6) is 0 Å². The van der Waals surface area contributed by atoms with Gasteiger partial charge >= 0.3 is 0 Å². The smallest absolute Gasteiger partial charge is 0.0716 e. The molecule has 2 nitrogen and oxygen atoms in total. The minimum atomic E-state index is 0.686. The lowest BCUT2D eigenvalue weighted by atomic mass is 10.1. The largest absolute Gasteiger partial charge is 0.377 e. The molecule has 0 unspecified atom stereocenters. The van der Waals surface area contributed by atoms with Crippen LogP contribution < -0.4 is 4.90 Å². The highest BCUT2D eigenvalue weighted by molar-refractivity contribution is 5.76. The van der Waals surface area contributed by atoms with Crippen LogP contribution in [0.1, 0.15) is 51.0 Å². The van der Waals surface area contributed by atoms with E-state index in [0.29, 0.717) is 6.61 Å². The molecule has 152 valence electrons. The fraction of sp³-hybridized carbons (Fsp3) is 0.333. The molecule has 29 heavy (non-hydrogen) atoms. The summed E-state index contributed by atoms with van der Waals surface area (Å²) in [6, 6.07) is 29.7. The van der Waals surface area contributed by atoms with E-state index in [4.69, 9.17) is 4.74 Å². The van der Waals surface area contributed by atoms with Crippen LogP contribution in [0.15, 0.2) is 84.9 Å². The molecular weight excluding hydrogens is 354 g/mol. The molecule has 0 atom stereocenters. The molecule has 0 saturated heterocycles. The second-order valence-electron chi connectivity index (χ2n) is 7.49. The van der Waals surface area contributed by atoms with Crippen LogP contribution in [-0.4, -0.2) is 6.61 Å². The van der Waals surface area contributed by atoms with E-state index in [1.54, 1.807) is 0 Å². The van der Waals surface area contributed by atoms with Crippen molar-refractivity contribution in [2.24, 2.45) is 0 Å². The van der Waals surface area contributed by atoms with E-state index in [9.17, 15) is 0 Å². The molecule has 0 spiro atoms. The first-order chi connectivity index (χ1) is 14.4. The topological polar surface area (TPSA) is 12.5 Å². The number of benzene rings is 3. The van der Waals surface area contributed by atoms with Gasteiger partial charge in [-0.15, -0.1) is 0 Å². The van der Waals surface area contributed by atoms with Crippen molar-refractivity contribution in [3.8, 4) is 0 Å². The summed E-state index contributed by atoms with van der Waals surface area (Å²) in [7, 11) is 0. The Morgan fingerprint density at radius 2 is 1.10 bits per heavy atom. The predicted octanol–water partition coefficient (Wildman–Crippen LogP) is 8.03. The van der Waals surface area contributed by atoms with E-state index in [-0.39, 0.29) is 0 Å². The summed E-state index contributed by atoms with van der Waals surface area (Å²) in [4.78, 5) is 2.28. The summed E-state index contributed by atoms with van der Waals surface area (Å²) in [5.41, 5.74) is 4.69. The van der Waals surface area contributed by atoms with Gasteiger partial charge < -0.3 is 9.64 Å². The monoisotopic (exact) mass is 387 g/mol. The minimum absolute atomic E-state index is 0.686. The van der Waals surface area contributed by atoms with Crippen molar-refractivity contribution in [1.29, 1.82) is 0 Å². The molecule has 0 fully saturated rings. The van der Waals surface area contributed by atoms with Gasteiger partial charge in [-0.3, -0.25) is 0 Å². The van der Waals surface area contributed by atoms with E-state index in [1.165, 1.54) is 37.7 Å². The van der Waals surface area contributed by atoms with Crippen LogP contribution >= 0.6 is 0 Å². The van der Waals surface area contributed by atoms with Gasteiger partial charge in [-0.05, 0) is 48.4 Å². The van der Waals surface area contributed by atoms with Crippen LogP contribution in [0.25, 0.3) is 0 Å². The van der Waals surface area contributed by atoms with Gasteiger partial charge in [0, 0.05) is 23.7 Å². The molecule has 0 aliphatic rings. The lowest BCUT2D eigenvalue weighted by Crippen LogP contribution is -2.09. The highest BCUT2D eigenvalue weighted by Gasteiger charge is 2.11. The van der Waals surface area contributed by atoms with E-state index in [1.807, 2.05) is 0 Å². The zero-order chi connectivity index (χ0) is 20.2. The van der Waals surface area contributed by atoms with Crippen LogP contribution in [0.4, 0.5) is 17.1 Å². The van der Waals surface area contributed by atoms with Crippen LogP contribution in [0.3, 0.4) is 0 Å². The Labute approximate surface area is 176 Å². The third-order valence-corrected chi connectivity index (χ3v) is 5.13. The molecular formula is C27H33NO. The SMILES string of the molecule is CCCCCCCCOCc1ccc(N(c2ccccc2)c2ccccc2)cc1. The van der Waals surface area contributed by atoms with Crippen LogP contribution in [0.2, 0.25) is 0 Å². The van der Waals surface area contributed by atoms with Crippen molar-refractivity contribution in [3.05, 3.63) is 90.5 Å². The fourth-order valence-electron chi connectivity index (χ4n) is 3.52. The number of nitrogens with zero attached hydrogens (tertiary/aromatic N) is 1. The van der Waals surface area contributed by atoms with Gasteiger partial charge in [-0.25, -0.2) is 0 Å². The van der Waals surface area contributed by atoms with Gasteiger partial charge in [0.15, 0.2) is 0 Å². The molecule has 0 bridgehead atoms. The molecule has 3 aromatic rings. The molecule has 0 radical (unpaired) electrons. The van der Waals surface area contributed by atoms with Crippen molar-refractivity contribution in [2.45, 2.75) is 52.1 Å². The Balaban J connectivity index is 1.57. The summed E-state index contributed by atoms with van der Waals surface area (Å²) in [5, 5.41) is 0. The number of anilines is 3. The van der Waals surface area contributed by atoms with Crippen molar-refractivity contribution in [1.82, 2.24) is 0 Å². The first-order valence-electron chi connectivity index (χ1n) is 11.0. The Hall–Kier alpha value is -2.58. The van der Waals surface area contributed by atoms with Gasteiger partial charge in [0.2, 0.25) is 0 Å². The molecule has 0 aromatic heterocycles. The number of hydrogen-bond acceptors (Lipinski definition) is 2. The van der Waals surface area contributed by atoms with Crippen molar-refractivity contribution in [2.75, 3.05) is 11.5 Å². The second-order valence-corrected chi connectivity index (χ2v) is 7.49. The van der Waals surface area contributed by atoms with Gasteiger partial charge in [0.25, 0.3) is 0 Å². The Morgan fingerprint density at radius 1 is 0.586 bits per heavy atom. The van der Waals surface area contributed by atoms with Gasteiger partial charge in [0.1, 0.15) is 0 Å². The maximum atomic E-state index is 5.88. The number of unbranched alkanes of at least 4 members (excludes halogenated alkanes) is 5. The van der Waals surface area contributed by atoms with E-state index in [2.05, 4.69) is 96.8 Å². The number of ether oxygens (including phenoxy) is 1. The maximum Gasteiger partial charge on any atom is 0.0716 e. The van der Waals surface area contributed by atoms with Gasteiger partial charge in [-0.1, -0.05) is 87.6 Å². The third-order valence-electron chi connectivity index (χ3n) is 5.13. The van der Waals surface area contributed by atoms with Gasteiger partial charge in [-0.2, -0.15) is 0 Å². The predicted molar refractivity (Wildman–Crippen MR) is 124 cm³/mol. The van der Waals surface area contributed by atoms with Crippen molar-refractivity contribution >= 4 is 17.1 Å². The summed E-state index contributed by atoms with van der Waals surface area (Å²) in [5.74, 6) is 0. The lowest BCUT2D eigenvalue weighted by molar-refractivity contribution is 0.116. The summed E-state index contributed by atoms with van der Waals surface area (Å²) in [6.45, 7) is 3.80. The zero-order valence-corrected chi connectivity index (χ0v) is 17.6. The second kappa shape index (κ2) is 12.1. The fourth-order valence-corrected chi connectivity index (χ4v) is 3.52. The first kappa shape index (κ1) is 21.1. The maximum absolute atomic E-state index is 5.88. The lowest BCUT2D eigenvalue weighted by Gasteiger charge is -2.25.